The molecule has 0 saturated heterocycles. The number of carboxylic acid groups (broad SMARTS) is 2. The summed E-state index contributed by atoms with van der Waals surface area (Å²) in [5, 5.41) is 26.1. The maximum atomic E-state index is 10.4. The van der Waals surface area contributed by atoms with E-state index in [1.54, 1.807) is 0 Å². The van der Waals surface area contributed by atoms with Crippen LogP contribution in [0.4, 0.5) is 0 Å². The molecule has 0 spiro atoms. The zero-order valence-corrected chi connectivity index (χ0v) is 8.39. The lowest BCUT2D eigenvalue weighted by atomic mass is 10.2. The number of rotatable bonds is 4. The predicted octanol–water partition coefficient (Wildman–Crippen LogP) is 1.49. The Hall–Kier alpha value is -2.04. The summed E-state index contributed by atoms with van der Waals surface area (Å²) < 4.78 is 0. The van der Waals surface area contributed by atoms with Gasteiger partial charge < -0.3 is 15.3 Å². The molecule has 82 valence electrons. The molecule has 0 aliphatic heterocycles. The topological polar surface area (TPSA) is 94.8 Å². The molecule has 0 saturated carbocycles. The van der Waals surface area contributed by atoms with E-state index in [1.165, 1.54) is 19.9 Å². The number of aliphatic hydroxyl groups is 1. The second-order valence-corrected chi connectivity index (χ2v) is 2.88. The average molecular weight is 212 g/mol. The molecule has 0 atom stereocenters. The minimum atomic E-state index is -1.14. The summed E-state index contributed by atoms with van der Waals surface area (Å²) in [6, 6.07) is 0. The van der Waals surface area contributed by atoms with Crippen molar-refractivity contribution in [3.8, 4) is 0 Å². The van der Waals surface area contributed by atoms with Gasteiger partial charge in [0.1, 0.15) is 5.76 Å². The third-order valence-corrected chi connectivity index (χ3v) is 1.54. The van der Waals surface area contributed by atoms with Crippen LogP contribution in [0.1, 0.15) is 13.8 Å². The average Bonchev–Trinajstić information content (AvgIpc) is 2.13. The summed E-state index contributed by atoms with van der Waals surface area (Å²) in [5.41, 5.74) is 0.00746. The van der Waals surface area contributed by atoms with E-state index in [-0.39, 0.29) is 16.9 Å². The first kappa shape index (κ1) is 13.0. The number of aliphatic carboxylic acids is 2. The molecule has 0 bridgehead atoms. The Labute approximate surface area is 86.7 Å². The van der Waals surface area contributed by atoms with Crippen LogP contribution in [0.25, 0.3) is 0 Å². The maximum absolute atomic E-state index is 10.4. The Bertz CT molecular complexity index is 360. The van der Waals surface area contributed by atoms with E-state index < -0.39 is 11.9 Å². The summed E-state index contributed by atoms with van der Waals surface area (Å²) >= 11 is 0. The standard InChI is InChI=1S/C10H12O5/c1-6(9(12)13)3-4-8(11)5-7(2)10(14)15/h3-5,11H,1-2H3,(H,12,13)(H,14,15). The summed E-state index contributed by atoms with van der Waals surface area (Å²) in [6.45, 7) is 2.68. The number of carboxylic acids is 2. The summed E-state index contributed by atoms with van der Waals surface area (Å²) in [4.78, 5) is 20.7. The minimum absolute atomic E-state index is 0.0369. The van der Waals surface area contributed by atoms with Crippen molar-refractivity contribution in [2.75, 3.05) is 0 Å². The highest BCUT2D eigenvalue weighted by Crippen LogP contribution is 2.01. The van der Waals surface area contributed by atoms with E-state index in [4.69, 9.17) is 10.2 Å². The van der Waals surface area contributed by atoms with Crippen LogP contribution in [0.5, 0.6) is 0 Å². The number of allylic oxidation sites excluding steroid dienone is 3. The molecule has 0 aromatic heterocycles. The molecule has 0 amide bonds. The second-order valence-electron chi connectivity index (χ2n) is 2.88. The molecule has 0 aromatic carbocycles. The van der Waals surface area contributed by atoms with E-state index in [2.05, 4.69) is 0 Å². The molecule has 0 aliphatic carbocycles. The molecule has 0 fully saturated rings. The van der Waals surface area contributed by atoms with Gasteiger partial charge in [0.2, 0.25) is 0 Å². The van der Waals surface area contributed by atoms with Crippen molar-refractivity contribution >= 4 is 11.9 Å². The number of hydrogen-bond acceptors (Lipinski definition) is 3. The van der Waals surface area contributed by atoms with Crippen molar-refractivity contribution in [2.45, 2.75) is 13.8 Å². The molecule has 0 radical (unpaired) electrons. The Kier molecular flexibility index (Phi) is 4.87. The number of aliphatic hydroxyl groups excluding tert-OH is 1. The number of hydrogen-bond donors (Lipinski definition) is 3. The molecule has 0 rings (SSSR count). The molecule has 5 nitrogen and oxygen atoms in total. The first-order valence-electron chi connectivity index (χ1n) is 4.07. The zero-order valence-electron chi connectivity index (χ0n) is 8.39. The molecular formula is C10H12O5. The quantitative estimate of drug-likeness (QED) is 0.373. The molecule has 3 N–H and O–H groups in total. The van der Waals surface area contributed by atoms with Gasteiger partial charge in [0.15, 0.2) is 0 Å². The summed E-state index contributed by atoms with van der Waals surface area (Å²) in [7, 11) is 0. The third-order valence-electron chi connectivity index (χ3n) is 1.54. The Morgan fingerprint density at radius 3 is 1.73 bits per heavy atom. The molecule has 0 unspecified atom stereocenters. The Morgan fingerprint density at radius 1 is 0.867 bits per heavy atom. The van der Waals surface area contributed by atoms with Crippen molar-refractivity contribution < 1.29 is 24.9 Å². The second kappa shape index (κ2) is 5.64. The maximum Gasteiger partial charge on any atom is 0.331 e. The van der Waals surface area contributed by atoms with Gasteiger partial charge in [-0.15, -0.1) is 0 Å². The van der Waals surface area contributed by atoms with Gasteiger partial charge in [-0.3, -0.25) is 0 Å². The van der Waals surface area contributed by atoms with Gasteiger partial charge in [0, 0.05) is 11.1 Å². The molecule has 5 heteroatoms. The minimum Gasteiger partial charge on any atom is -0.508 e. The van der Waals surface area contributed by atoms with E-state index >= 15 is 0 Å². The molecule has 0 aromatic rings. The third kappa shape index (κ3) is 5.30. The van der Waals surface area contributed by atoms with Gasteiger partial charge in [0.05, 0.1) is 0 Å². The van der Waals surface area contributed by atoms with Crippen molar-refractivity contribution in [3.63, 3.8) is 0 Å². The number of carbonyl (C=O) groups is 2. The monoisotopic (exact) mass is 212 g/mol. The first-order chi connectivity index (χ1) is 6.84. The van der Waals surface area contributed by atoms with Crippen LogP contribution >= 0.6 is 0 Å². The largest absolute Gasteiger partial charge is 0.508 e. The van der Waals surface area contributed by atoms with E-state index in [9.17, 15) is 14.7 Å². The van der Waals surface area contributed by atoms with Gasteiger partial charge >= 0.3 is 11.9 Å². The SMILES string of the molecule is CC(=CC=C(O)C=C(C)C(=O)O)C(=O)O. The van der Waals surface area contributed by atoms with Crippen molar-refractivity contribution in [2.24, 2.45) is 0 Å². The van der Waals surface area contributed by atoms with Crippen LogP contribution in [-0.4, -0.2) is 27.3 Å². The van der Waals surface area contributed by atoms with Crippen molar-refractivity contribution in [3.05, 3.63) is 35.1 Å². The zero-order chi connectivity index (χ0) is 12.0. The van der Waals surface area contributed by atoms with E-state index in [1.807, 2.05) is 0 Å². The van der Waals surface area contributed by atoms with Gasteiger partial charge in [0.25, 0.3) is 0 Å². The first-order valence-corrected chi connectivity index (χ1v) is 4.07. The van der Waals surface area contributed by atoms with E-state index in [0.29, 0.717) is 0 Å². The van der Waals surface area contributed by atoms with Gasteiger partial charge in [-0.2, -0.15) is 0 Å². The van der Waals surface area contributed by atoms with Gasteiger partial charge in [-0.25, -0.2) is 9.59 Å². The molecule has 15 heavy (non-hydrogen) atoms. The fourth-order valence-corrected chi connectivity index (χ4v) is 0.613. The fraction of sp³-hybridized carbons (Fsp3) is 0.200. The summed E-state index contributed by atoms with van der Waals surface area (Å²) in [6.07, 6.45) is 3.34. The highest BCUT2D eigenvalue weighted by atomic mass is 16.4. The van der Waals surface area contributed by atoms with Crippen LogP contribution in [0.3, 0.4) is 0 Å². The Morgan fingerprint density at radius 2 is 1.33 bits per heavy atom. The highest BCUT2D eigenvalue weighted by molar-refractivity contribution is 5.87. The molecular weight excluding hydrogens is 200 g/mol. The molecule has 0 heterocycles. The highest BCUT2D eigenvalue weighted by Gasteiger charge is 2.00. The smallest absolute Gasteiger partial charge is 0.331 e. The van der Waals surface area contributed by atoms with Crippen LogP contribution in [0.2, 0.25) is 0 Å². The van der Waals surface area contributed by atoms with Crippen LogP contribution in [0.15, 0.2) is 35.1 Å². The fourth-order valence-electron chi connectivity index (χ4n) is 0.613. The predicted molar refractivity (Wildman–Crippen MR) is 53.5 cm³/mol. The lowest BCUT2D eigenvalue weighted by Gasteiger charge is -1.93. The van der Waals surface area contributed by atoms with Gasteiger partial charge in [-0.05, 0) is 32.1 Å². The van der Waals surface area contributed by atoms with Gasteiger partial charge in [-0.1, -0.05) is 0 Å². The van der Waals surface area contributed by atoms with Crippen LogP contribution in [0, 0.1) is 0 Å². The van der Waals surface area contributed by atoms with Crippen molar-refractivity contribution in [1.82, 2.24) is 0 Å². The summed E-state index contributed by atoms with van der Waals surface area (Å²) in [5.74, 6) is -2.55. The Balaban J connectivity index is 4.74. The van der Waals surface area contributed by atoms with Crippen molar-refractivity contribution in [1.29, 1.82) is 0 Å². The molecule has 0 aliphatic rings. The van der Waals surface area contributed by atoms with Crippen LogP contribution in [-0.2, 0) is 9.59 Å². The lowest BCUT2D eigenvalue weighted by molar-refractivity contribution is -0.133. The van der Waals surface area contributed by atoms with Crippen LogP contribution < -0.4 is 0 Å². The normalized spacial score (nSPS) is 13.9. The lowest BCUT2D eigenvalue weighted by Crippen LogP contribution is -1.97. The van der Waals surface area contributed by atoms with E-state index in [0.717, 1.165) is 12.2 Å².